The molecule has 0 saturated heterocycles. The van der Waals surface area contributed by atoms with Gasteiger partial charge in [-0.3, -0.25) is 14.2 Å². The Morgan fingerprint density at radius 2 is 2.03 bits per heavy atom. The van der Waals surface area contributed by atoms with Crippen molar-refractivity contribution in [1.82, 2.24) is 23.5 Å². The van der Waals surface area contributed by atoms with Crippen LogP contribution in [0.2, 0.25) is 0 Å². The second-order valence-corrected chi connectivity index (χ2v) is 7.90. The van der Waals surface area contributed by atoms with Gasteiger partial charge in [-0.1, -0.05) is 12.1 Å². The maximum Gasteiger partial charge on any atom is 0.296 e. The summed E-state index contributed by atoms with van der Waals surface area (Å²) in [5, 5.41) is 14.6. The number of rotatable bonds is 4. The fourth-order valence-corrected chi connectivity index (χ4v) is 4.09. The average Bonchev–Trinajstić information content (AvgIpc) is 3.33. The third kappa shape index (κ3) is 2.88. The van der Waals surface area contributed by atoms with Crippen molar-refractivity contribution in [2.45, 2.75) is 25.3 Å². The topological polar surface area (TPSA) is 115 Å². The Kier molecular flexibility index (Phi) is 4.35. The maximum absolute atomic E-state index is 12.7. The van der Waals surface area contributed by atoms with Gasteiger partial charge in [0.25, 0.3) is 11.5 Å². The number of anilines is 1. The minimum Gasteiger partial charge on any atom is -0.501 e. The zero-order valence-corrected chi connectivity index (χ0v) is 16.9. The molecule has 1 aliphatic carbocycles. The van der Waals surface area contributed by atoms with Crippen LogP contribution in [0.1, 0.15) is 35.8 Å². The quantitative estimate of drug-likeness (QED) is 0.523. The van der Waals surface area contributed by atoms with Gasteiger partial charge in [0.15, 0.2) is 17.3 Å². The molecule has 9 nitrogen and oxygen atoms in total. The summed E-state index contributed by atoms with van der Waals surface area (Å²) >= 11 is 1.18. The predicted molar refractivity (Wildman–Crippen MR) is 113 cm³/mol. The van der Waals surface area contributed by atoms with E-state index < -0.39 is 17.2 Å². The van der Waals surface area contributed by atoms with E-state index in [1.54, 1.807) is 5.38 Å². The summed E-state index contributed by atoms with van der Waals surface area (Å²) in [4.78, 5) is 34.5. The molecule has 152 valence electrons. The highest BCUT2D eigenvalue weighted by Crippen LogP contribution is 2.38. The van der Waals surface area contributed by atoms with Gasteiger partial charge in [-0.25, -0.2) is 9.97 Å². The maximum atomic E-state index is 12.7. The van der Waals surface area contributed by atoms with Gasteiger partial charge in [0, 0.05) is 18.5 Å². The van der Waals surface area contributed by atoms with Gasteiger partial charge >= 0.3 is 0 Å². The van der Waals surface area contributed by atoms with Crippen LogP contribution >= 0.6 is 11.5 Å². The molecule has 0 bridgehead atoms. The zero-order valence-electron chi connectivity index (χ0n) is 16.1. The number of carbonyl (C=O) groups is 1. The third-order valence-electron chi connectivity index (χ3n) is 5.41. The normalized spacial score (nSPS) is 14.0. The van der Waals surface area contributed by atoms with Crippen LogP contribution < -0.4 is 10.9 Å². The SMILES string of the molecule is Cn1c(-c2nc3ccccc3n2C2CCC2)nc(C(=O)Nc2cnsc2)c(O)c1=O. The molecule has 1 amide bonds. The molecule has 0 aliphatic heterocycles. The predicted octanol–water partition coefficient (Wildman–Crippen LogP) is 2.94. The van der Waals surface area contributed by atoms with Gasteiger partial charge in [-0.05, 0) is 42.9 Å². The molecule has 1 saturated carbocycles. The van der Waals surface area contributed by atoms with E-state index in [1.807, 2.05) is 24.3 Å². The molecule has 1 fully saturated rings. The van der Waals surface area contributed by atoms with Crippen LogP contribution in [0.5, 0.6) is 5.75 Å². The molecule has 0 radical (unpaired) electrons. The van der Waals surface area contributed by atoms with E-state index >= 15 is 0 Å². The molecule has 0 atom stereocenters. The number of amides is 1. The first-order valence-electron chi connectivity index (χ1n) is 9.52. The number of aromatic nitrogens is 5. The largest absolute Gasteiger partial charge is 0.501 e. The number of para-hydroxylation sites is 2. The van der Waals surface area contributed by atoms with Crippen molar-refractivity contribution in [3.05, 3.63) is 51.9 Å². The first-order valence-corrected chi connectivity index (χ1v) is 10.4. The molecule has 10 heteroatoms. The molecule has 4 aromatic rings. The van der Waals surface area contributed by atoms with E-state index in [0.717, 1.165) is 30.3 Å². The van der Waals surface area contributed by atoms with Crippen molar-refractivity contribution in [3.63, 3.8) is 0 Å². The minimum absolute atomic E-state index is 0.231. The van der Waals surface area contributed by atoms with Crippen molar-refractivity contribution < 1.29 is 9.90 Å². The molecule has 2 N–H and O–H groups in total. The van der Waals surface area contributed by atoms with Crippen molar-refractivity contribution in [1.29, 1.82) is 0 Å². The summed E-state index contributed by atoms with van der Waals surface area (Å²) in [6.07, 6.45) is 4.63. The summed E-state index contributed by atoms with van der Waals surface area (Å²) in [7, 11) is 1.51. The van der Waals surface area contributed by atoms with E-state index in [9.17, 15) is 14.7 Å². The molecule has 30 heavy (non-hydrogen) atoms. The Balaban J connectivity index is 1.69. The van der Waals surface area contributed by atoms with E-state index in [-0.39, 0.29) is 17.6 Å². The Morgan fingerprint density at radius 1 is 1.23 bits per heavy atom. The summed E-state index contributed by atoms with van der Waals surface area (Å²) in [5.41, 5.74) is 1.16. The lowest BCUT2D eigenvalue weighted by Gasteiger charge is -2.29. The van der Waals surface area contributed by atoms with Crippen molar-refractivity contribution in [3.8, 4) is 17.4 Å². The number of hydrogen-bond donors (Lipinski definition) is 2. The van der Waals surface area contributed by atoms with E-state index in [0.29, 0.717) is 11.5 Å². The van der Waals surface area contributed by atoms with Crippen LogP contribution in [0.4, 0.5) is 5.69 Å². The Hall–Kier alpha value is -3.53. The molecular formula is C20H18N6O3S. The number of carbonyl (C=O) groups excluding carboxylic acids is 1. The Morgan fingerprint density at radius 3 is 2.73 bits per heavy atom. The Labute approximate surface area is 174 Å². The number of nitrogens with zero attached hydrogens (tertiary/aromatic N) is 5. The third-order valence-corrected chi connectivity index (χ3v) is 5.99. The lowest BCUT2D eigenvalue weighted by Crippen LogP contribution is -2.27. The van der Waals surface area contributed by atoms with Gasteiger partial charge in [-0.15, -0.1) is 0 Å². The molecular weight excluding hydrogens is 404 g/mol. The molecule has 0 spiro atoms. The van der Waals surface area contributed by atoms with Gasteiger partial charge in [0.05, 0.1) is 22.9 Å². The van der Waals surface area contributed by atoms with Crippen LogP contribution in [0.25, 0.3) is 22.7 Å². The zero-order chi connectivity index (χ0) is 20.8. The van der Waals surface area contributed by atoms with Crippen LogP contribution in [-0.4, -0.2) is 34.5 Å². The Bertz CT molecular complexity index is 1320. The monoisotopic (exact) mass is 422 g/mol. The second-order valence-electron chi connectivity index (χ2n) is 7.24. The molecule has 1 aromatic carbocycles. The van der Waals surface area contributed by atoms with Crippen LogP contribution in [0, 0.1) is 0 Å². The molecule has 3 aromatic heterocycles. The summed E-state index contributed by atoms with van der Waals surface area (Å²) < 4.78 is 7.24. The van der Waals surface area contributed by atoms with E-state index in [2.05, 4.69) is 19.2 Å². The lowest BCUT2D eigenvalue weighted by atomic mass is 9.92. The van der Waals surface area contributed by atoms with E-state index in [4.69, 9.17) is 4.98 Å². The summed E-state index contributed by atoms with van der Waals surface area (Å²) in [6.45, 7) is 0. The van der Waals surface area contributed by atoms with Gasteiger partial charge in [-0.2, -0.15) is 4.37 Å². The highest BCUT2D eigenvalue weighted by Gasteiger charge is 2.29. The molecule has 3 heterocycles. The number of benzene rings is 1. The lowest BCUT2D eigenvalue weighted by molar-refractivity contribution is 0.101. The van der Waals surface area contributed by atoms with Gasteiger partial charge < -0.3 is 15.0 Å². The van der Waals surface area contributed by atoms with Gasteiger partial charge in [0.1, 0.15) is 0 Å². The molecule has 1 aliphatic rings. The van der Waals surface area contributed by atoms with Crippen LogP contribution in [0.15, 0.2) is 40.6 Å². The van der Waals surface area contributed by atoms with E-state index in [1.165, 1.54) is 29.3 Å². The van der Waals surface area contributed by atoms with Crippen LogP contribution in [0.3, 0.4) is 0 Å². The first kappa shape index (κ1) is 18.5. The fraction of sp³-hybridized carbons (Fsp3) is 0.250. The fourth-order valence-electron chi connectivity index (χ4n) is 3.62. The number of nitrogens with one attached hydrogen (secondary N) is 1. The standard InChI is InChI=1S/C20H18N6O3S/c1-25-17(18-23-13-7-2-3-8-14(13)26(18)12-5-4-6-12)24-15(16(27)20(25)29)19(28)22-11-9-21-30-10-11/h2-3,7-10,12,27H,4-6H2,1H3,(H,22,28). The average molecular weight is 422 g/mol. The highest BCUT2D eigenvalue weighted by molar-refractivity contribution is 7.04. The van der Waals surface area contributed by atoms with Crippen molar-refractivity contribution >= 4 is 34.2 Å². The minimum atomic E-state index is -0.708. The number of hydrogen-bond acceptors (Lipinski definition) is 7. The number of fused-ring (bicyclic) bond motifs is 1. The summed E-state index contributed by atoms with van der Waals surface area (Å²) in [6, 6.07) is 8.00. The van der Waals surface area contributed by atoms with Gasteiger partial charge in [0.2, 0.25) is 5.75 Å². The number of aromatic hydroxyl groups is 1. The summed E-state index contributed by atoms with van der Waals surface area (Å²) in [5.74, 6) is -0.646. The second kappa shape index (κ2) is 7.06. The highest BCUT2D eigenvalue weighted by atomic mass is 32.1. The number of imidazole rings is 1. The molecule has 5 rings (SSSR count). The smallest absolute Gasteiger partial charge is 0.296 e. The first-order chi connectivity index (χ1) is 14.5. The van der Waals surface area contributed by atoms with Crippen molar-refractivity contribution in [2.75, 3.05) is 5.32 Å². The van der Waals surface area contributed by atoms with Crippen molar-refractivity contribution in [2.24, 2.45) is 7.05 Å². The van der Waals surface area contributed by atoms with Crippen LogP contribution in [-0.2, 0) is 7.05 Å². The molecule has 0 unspecified atom stereocenters.